The van der Waals surface area contributed by atoms with Crippen molar-refractivity contribution in [1.29, 1.82) is 0 Å². The fraction of sp³-hybridized carbons (Fsp3) is 0.167. The highest BCUT2D eigenvalue weighted by Crippen LogP contribution is 2.29. The second-order valence-electron chi connectivity index (χ2n) is 5.55. The molecule has 7 heteroatoms. The van der Waals surface area contributed by atoms with Crippen LogP contribution in [0.5, 0.6) is 0 Å². The molecule has 0 spiro atoms. The van der Waals surface area contributed by atoms with E-state index in [1.807, 2.05) is 6.92 Å². The number of benzene rings is 1. The summed E-state index contributed by atoms with van der Waals surface area (Å²) in [6, 6.07) is 12.8. The summed E-state index contributed by atoms with van der Waals surface area (Å²) < 4.78 is 36.3. The van der Waals surface area contributed by atoms with Crippen LogP contribution in [0.15, 0.2) is 74.8 Å². The summed E-state index contributed by atoms with van der Waals surface area (Å²) in [4.78, 5) is 12.2. The molecule has 0 saturated carbocycles. The minimum atomic E-state index is -3.74. The van der Waals surface area contributed by atoms with Gasteiger partial charge in [-0.25, -0.2) is 8.42 Å². The van der Waals surface area contributed by atoms with E-state index in [1.54, 1.807) is 42.5 Å². The Morgan fingerprint density at radius 1 is 1.04 bits per heavy atom. The van der Waals surface area contributed by atoms with Gasteiger partial charge in [-0.05, 0) is 43.3 Å². The molecule has 0 saturated heterocycles. The van der Waals surface area contributed by atoms with Gasteiger partial charge in [0, 0.05) is 6.54 Å². The average molecular weight is 359 g/mol. The van der Waals surface area contributed by atoms with Gasteiger partial charge in [-0.15, -0.1) is 0 Å². The highest BCUT2D eigenvalue weighted by molar-refractivity contribution is 7.91. The van der Waals surface area contributed by atoms with E-state index in [4.69, 9.17) is 8.83 Å². The molecule has 1 N–H and O–H groups in total. The van der Waals surface area contributed by atoms with Crippen LogP contribution in [0, 0.1) is 6.92 Å². The lowest BCUT2D eigenvalue weighted by atomic mass is 10.2. The van der Waals surface area contributed by atoms with Crippen LogP contribution < -0.4 is 5.32 Å². The van der Waals surface area contributed by atoms with Gasteiger partial charge in [0.1, 0.15) is 11.0 Å². The fourth-order valence-corrected chi connectivity index (χ4v) is 4.00. The molecule has 0 unspecified atom stereocenters. The van der Waals surface area contributed by atoms with Crippen molar-refractivity contribution in [2.45, 2.75) is 17.1 Å². The van der Waals surface area contributed by atoms with E-state index in [1.165, 1.54) is 18.6 Å². The highest BCUT2D eigenvalue weighted by Gasteiger charge is 2.32. The Labute approximate surface area is 145 Å². The van der Waals surface area contributed by atoms with E-state index in [2.05, 4.69) is 5.32 Å². The van der Waals surface area contributed by atoms with Gasteiger partial charge in [-0.2, -0.15) is 0 Å². The molecule has 0 bridgehead atoms. The quantitative estimate of drug-likeness (QED) is 0.730. The molecule has 2 heterocycles. The van der Waals surface area contributed by atoms with Crippen LogP contribution >= 0.6 is 0 Å². The number of aryl methyl sites for hydroxylation is 1. The second-order valence-corrected chi connectivity index (χ2v) is 7.68. The normalized spacial score (nSPS) is 12.7. The summed E-state index contributed by atoms with van der Waals surface area (Å²) in [6.45, 7) is 1.74. The molecule has 0 aliphatic rings. The number of carbonyl (C=O) groups excluding carboxylic acids is 1. The Kier molecular flexibility index (Phi) is 4.76. The summed E-state index contributed by atoms with van der Waals surface area (Å²) in [5.74, 6) is -0.105. The van der Waals surface area contributed by atoms with Crippen LogP contribution in [0.25, 0.3) is 0 Å². The summed E-state index contributed by atoms with van der Waals surface area (Å²) in [5, 5.41) is 1.55. The summed E-state index contributed by atoms with van der Waals surface area (Å²) >= 11 is 0. The Morgan fingerprint density at radius 3 is 2.32 bits per heavy atom. The molecular formula is C18H17NO5S. The standard InChI is InChI=1S/C18H17NO5S/c1-13-6-8-14(9-7-13)25(21,22)17(15-4-2-10-23-15)12-19-18(20)16-5-3-11-24-16/h2-11,17H,12H2,1H3,(H,19,20)/t17-/m1/s1. The number of hydrogen-bond acceptors (Lipinski definition) is 5. The smallest absolute Gasteiger partial charge is 0.287 e. The van der Waals surface area contributed by atoms with E-state index in [0.717, 1.165) is 5.56 Å². The number of carbonyl (C=O) groups is 1. The predicted molar refractivity (Wildman–Crippen MR) is 90.9 cm³/mol. The first-order valence-electron chi connectivity index (χ1n) is 7.64. The van der Waals surface area contributed by atoms with Crippen molar-refractivity contribution in [2.75, 3.05) is 6.54 Å². The maximum absolute atomic E-state index is 13.0. The van der Waals surface area contributed by atoms with Crippen LogP contribution in [0.4, 0.5) is 0 Å². The third-order valence-electron chi connectivity index (χ3n) is 3.78. The molecule has 130 valence electrons. The van der Waals surface area contributed by atoms with E-state index < -0.39 is 21.0 Å². The number of sulfone groups is 1. The average Bonchev–Trinajstić information content (AvgIpc) is 3.29. The lowest BCUT2D eigenvalue weighted by Gasteiger charge is -2.16. The molecule has 25 heavy (non-hydrogen) atoms. The Bertz CT molecular complexity index is 926. The van der Waals surface area contributed by atoms with E-state index in [9.17, 15) is 13.2 Å². The largest absolute Gasteiger partial charge is 0.468 e. The van der Waals surface area contributed by atoms with Crippen LogP contribution in [0.1, 0.15) is 27.1 Å². The molecule has 0 fully saturated rings. The molecule has 1 atom stereocenters. The van der Waals surface area contributed by atoms with Gasteiger partial charge in [-0.3, -0.25) is 4.79 Å². The van der Waals surface area contributed by atoms with Crippen molar-refractivity contribution in [3.8, 4) is 0 Å². The van der Waals surface area contributed by atoms with Gasteiger partial charge in [0.05, 0.1) is 17.4 Å². The van der Waals surface area contributed by atoms with Crippen LogP contribution in [-0.4, -0.2) is 20.9 Å². The molecule has 1 amide bonds. The monoisotopic (exact) mass is 359 g/mol. The number of amides is 1. The van der Waals surface area contributed by atoms with E-state index in [0.29, 0.717) is 0 Å². The maximum Gasteiger partial charge on any atom is 0.287 e. The SMILES string of the molecule is Cc1ccc(S(=O)(=O)[C@H](CNC(=O)c2ccco2)c2ccco2)cc1. The summed E-state index contributed by atoms with van der Waals surface area (Å²) in [7, 11) is -3.74. The molecular weight excluding hydrogens is 342 g/mol. The van der Waals surface area contributed by atoms with Gasteiger partial charge in [0.15, 0.2) is 15.6 Å². The summed E-state index contributed by atoms with van der Waals surface area (Å²) in [6.07, 6.45) is 2.78. The Hall–Kier alpha value is -2.80. The zero-order chi connectivity index (χ0) is 17.9. The Balaban J connectivity index is 1.87. The number of rotatable bonds is 6. The zero-order valence-corrected chi connectivity index (χ0v) is 14.3. The van der Waals surface area contributed by atoms with Crippen molar-refractivity contribution in [3.63, 3.8) is 0 Å². The van der Waals surface area contributed by atoms with Gasteiger partial charge in [0.25, 0.3) is 5.91 Å². The number of furan rings is 2. The minimum Gasteiger partial charge on any atom is -0.468 e. The lowest BCUT2D eigenvalue weighted by Crippen LogP contribution is -2.31. The molecule has 0 aliphatic heterocycles. The fourth-order valence-electron chi connectivity index (χ4n) is 2.41. The predicted octanol–water partition coefficient (Wildman–Crippen LogP) is 3.13. The molecule has 0 radical (unpaired) electrons. The first kappa shape index (κ1) is 17.0. The highest BCUT2D eigenvalue weighted by atomic mass is 32.2. The van der Waals surface area contributed by atoms with Gasteiger partial charge < -0.3 is 14.2 Å². The van der Waals surface area contributed by atoms with Crippen molar-refractivity contribution in [1.82, 2.24) is 5.32 Å². The minimum absolute atomic E-state index is 0.117. The topological polar surface area (TPSA) is 89.5 Å². The van der Waals surface area contributed by atoms with Crippen LogP contribution in [-0.2, 0) is 9.84 Å². The number of hydrogen-bond donors (Lipinski definition) is 1. The second kappa shape index (κ2) is 6.98. The van der Waals surface area contributed by atoms with E-state index >= 15 is 0 Å². The lowest BCUT2D eigenvalue weighted by molar-refractivity contribution is 0.0925. The zero-order valence-electron chi connectivity index (χ0n) is 13.5. The number of nitrogens with one attached hydrogen (secondary N) is 1. The van der Waals surface area contributed by atoms with Crippen molar-refractivity contribution in [3.05, 3.63) is 78.1 Å². The van der Waals surface area contributed by atoms with Gasteiger partial charge in [0.2, 0.25) is 0 Å². The first-order chi connectivity index (χ1) is 12.0. The van der Waals surface area contributed by atoms with Crippen LogP contribution in [0.3, 0.4) is 0 Å². The molecule has 1 aromatic carbocycles. The molecule has 3 aromatic rings. The first-order valence-corrected chi connectivity index (χ1v) is 9.19. The van der Waals surface area contributed by atoms with E-state index in [-0.39, 0.29) is 23.0 Å². The summed E-state index contributed by atoms with van der Waals surface area (Å²) in [5.41, 5.74) is 0.958. The van der Waals surface area contributed by atoms with Gasteiger partial charge in [-0.1, -0.05) is 17.7 Å². The molecule has 0 aliphatic carbocycles. The van der Waals surface area contributed by atoms with Crippen LogP contribution in [0.2, 0.25) is 0 Å². The molecule has 3 rings (SSSR count). The third kappa shape index (κ3) is 3.66. The molecule has 2 aromatic heterocycles. The third-order valence-corrected chi connectivity index (χ3v) is 5.85. The van der Waals surface area contributed by atoms with Crippen molar-refractivity contribution in [2.24, 2.45) is 0 Å². The van der Waals surface area contributed by atoms with Crippen molar-refractivity contribution >= 4 is 15.7 Å². The Morgan fingerprint density at radius 2 is 1.72 bits per heavy atom. The van der Waals surface area contributed by atoms with Crippen molar-refractivity contribution < 1.29 is 22.0 Å². The molecule has 6 nitrogen and oxygen atoms in total. The maximum atomic E-state index is 13.0. The van der Waals surface area contributed by atoms with Gasteiger partial charge >= 0.3 is 0 Å².